The zero-order chi connectivity index (χ0) is 14.4. The molecular weight excluding hydrogens is 256 g/mol. The maximum absolute atomic E-state index is 11.9. The molecule has 3 N–H and O–H groups in total. The van der Waals surface area contributed by atoms with Gasteiger partial charge in [-0.15, -0.1) is 0 Å². The topological polar surface area (TPSA) is 78.4 Å². The molecule has 0 atom stereocenters. The van der Waals surface area contributed by atoms with Gasteiger partial charge < -0.3 is 15.7 Å². The first kappa shape index (κ1) is 14.9. The van der Waals surface area contributed by atoms with E-state index >= 15 is 0 Å². The second-order valence-corrected chi connectivity index (χ2v) is 5.94. The van der Waals surface area contributed by atoms with Crippen LogP contribution in [0.4, 0.5) is 4.79 Å². The van der Waals surface area contributed by atoms with Crippen LogP contribution in [0.25, 0.3) is 0 Å². The molecule has 2 aliphatic carbocycles. The summed E-state index contributed by atoms with van der Waals surface area (Å²) >= 11 is 0. The zero-order valence-electron chi connectivity index (χ0n) is 11.9. The van der Waals surface area contributed by atoms with E-state index in [2.05, 4.69) is 16.7 Å². The minimum atomic E-state index is -0.844. The summed E-state index contributed by atoms with van der Waals surface area (Å²) in [5.74, 6) is -0.844. The molecule has 5 heteroatoms. The molecule has 0 heterocycles. The van der Waals surface area contributed by atoms with Crippen molar-refractivity contribution >= 4 is 12.0 Å². The number of hydrogen-bond donors (Lipinski definition) is 3. The second-order valence-electron chi connectivity index (χ2n) is 5.94. The van der Waals surface area contributed by atoms with Crippen LogP contribution >= 0.6 is 0 Å². The molecule has 0 radical (unpaired) electrons. The van der Waals surface area contributed by atoms with Gasteiger partial charge in [0.1, 0.15) is 0 Å². The van der Waals surface area contributed by atoms with Gasteiger partial charge in [0.25, 0.3) is 0 Å². The Morgan fingerprint density at radius 1 is 1.25 bits per heavy atom. The molecule has 0 aromatic carbocycles. The number of carboxylic acids is 1. The summed E-state index contributed by atoms with van der Waals surface area (Å²) in [7, 11) is 0. The quantitative estimate of drug-likeness (QED) is 0.654. The Labute approximate surface area is 119 Å². The van der Waals surface area contributed by atoms with Crippen LogP contribution in [0.1, 0.15) is 57.8 Å². The highest BCUT2D eigenvalue weighted by atomic mass is 16.4. The number of aliphatic carboxylic acids is 1. The van der Waals surface area contributed by atoms with E-state index in [-0.39, 0.29) is 12.5 Å². The molecule has 2 aliphatic rings. The van der Waals surface area contributed by atoms with Crippen LogP contribution in [-0.2, 0) is 4.79 Å². The van der Waals surface area contributed by atoms with Crippen LogP contribution in [-0.4, -0.2) is 29.2 Å². The van der Waals surface area contributed by atoms with Crippen molar-refractivity contribution in [1.29, 1.82) is 0 Å². The van der Waals surface area contributed by atoms with E-state index in [0.717, 1.165) is 44.9 Å². The molecule has 112 valence electrons. The molecule has 0 aromatic rings. The lowest BCUT2D eigenvalue weighted by Crippen LogP contribution is -2.51. The monoisotopic (exact) mass is 280 g/mol. The Hall–Kier alpha value is -1.52. The van der Waals surface area contributed by atoms with E-state index in [1.807, 2.05) is 0 Å². The maximum Gasteiger partial charge on any atom is 0.315 e. The fourth-order valence-corrected chi connectivity index (χ4v) is 3.27. The van der Waals surface area contributed by atoms with E-state index in [1.54, 1.807) is 0 Å². The summed E-state index contributed by atoms with van der Waals surface area (Å²) in [6.45, 7) is 0.626. The van der Waals surface area contributed by atoms with Gasteiger partial charge in [-0.1, -0.05) is 24.5 Å². The summed E-state index contributed by atoms with van der Waals surface area (Å²) in [6.07, 6.45) is 10.2. The third-order valence-corrected chi connectivity index (χ3v) is 4.30. The SMILES string of the molecule is O=C(O)CC1(NC(=O)NCCC2=CCCC2)CCCC1. The largest absolute Gasteiger partial charge is 0.481 e. The van der Waals surface area contributed by atoms with Crippen molar-refractivity contribution in [2.75, 3.05) is 6.54 Å². The fourth-order valence-electron chi connectivity index (χ4n) is 3.27. The van der Waals surface area contributed by atoms with E-state index in [1.165, 1.54) is 12.0 Å². The number of carbonyl (C=O) groups is 2. The molecule has 0 saturated heterocycles. The molecule has 0 unspecified atom stereocenters. The normalized spacial score (nSPS) is 20.5. The lowest BCUT2D eigenvalue weighted by Gasteiger charge is -2.28. The van der Waals surface area contributed by atoms with Gasteiger partial charge in [0.05, 0.1) is 12.0 Å². The molecule has 0 aliphatic heterocycles. The van der Waals surface area contributed by atoms with Crippen LogP contribution in [0, 0.1) is 0 Å². The van der Waals surface area contributed by atoms with Crippen molar-refractivity contribution < 1.29 is 14.7 Å². The second kappa shape index (κ2) is 6.77. The molecule has 2 rings (SSSR count). The van der Waals surface area contributed by atoms with Crippen LogP contribution in [0.3, 0.4) is 0 Å². The molecule has 1 saturated carbocycles. The number of carboxylic acid groups (broad SMARTS) is 1. The van der Waals surface area contributed by atoms with Crippen LogP contribution < -0.4 is 10.6 Å². The molecular formula is C15H24N2O3. The minimum Gasteiger partial charge on any atom is -0.481 e. The average Bonchev–Trinajstić information content (AvgIpc) is 3.00. The Morgan fingerprint density at radius 3 is 2.60 bits per heavy atom. The first-order chi connectivity index (χ1) is 9.60. The molecule has 0 bridgehead atoms. The summed E-state index contributed by atoms with van der Waals surface area (Å²) in [5.41, 5.74) is 0.883. The van der Waals surface area contributed by atoms with Crippen molar-refractivity contribution in [3.05, 3.63) is 11.6 Å². The fraction of sp³-hybridized carbons (Fsp3) is 0.733. The maximum atomic E-state index is 11.9. The average molecular weight is 280 g/mol. The number of amides is 2. The van der Waals surface area contributed by atoms with Crippen molar-refractivity contribution in [2.24, 2.45) is 0 Å². The highest BCUT2D eigenvalue weighted by Crippen LogP contribution is 2.32. The third-order valence-electron chi connectivity index (χ3n) is 4.30. The predicted octanol–water partition coefficient (Wildman–Crippen LogP) is 2.57. The number of carbonyl (C=O) groups excluding carboxylic acids is 1. The standard InChI is InChI=1S/C15H24N2O3/c18-13(19)11-15(8-3-4-9-15)17-14(20)16-10-7-12-5-1-2-6-12/h5H,1-4,6-11H2,(H,18,19)(H2,16,17,20). The Kier molecular flexibility index (Phi) is 5.04. The minimum absolute atomic E-state index is 0.0194. The lowest BCUT2D eigenvalue weighted by atomic mass is 9.93. The molecule has 2 amide bonds. The molecule has 0 aromatic heterocycles. The van der Waals surface area contributed by atoms with Crippen LogP contribution in [0.5, 0.6) is 0 Å². The first-order valence-electron chi connectivity index (χ1n) is 7.55. The van der Waals surface area contributed by atoms with Gasteiger partial charge >= 0.3 is 12.0 Å². The molecule has 1 fully saturated rings. The summed E-state index contributed by atoms with van der Waals surface area (Å²) < 4.78 is 0. The highest BCUT2D eigenvalue weighted by molar-refractivity contribution is 5.76. The first-order valence-corrected chi connectivity index (χ1v) is 7.55. The van der Waals surface area contributed by atoms with E-state index in [9.17, 15) is 9.59 Å². The third kappa shape index (κ3) is 4.25. The Morgan fingerprint density at radius 2 is 2.00 bits per heavy atom. The molecule has 20 heavy (non-hydrogen) atoms. The summed E-state index contributed by atoms with van der Waals surface area (Å²) in [4.78, 5) is 22.9. The zero-order valence-corrected chi connectivity index (χ0v) is 11.9. The van der Waals surface area contributed by atoms with Crippen molar-refractivity contribution in [2.45, 2.75) is 63.3 Å². The van der Waals surface area contributed by atoms with Gasteiger partial charge in [0.15, 0.2) is 0 Å². The van der Waals surface area contributed by atoms with Gasteiger partial charge in [-0.05, 0) is 38.5 Å². The Balaban J connectivity index is 1.75. The highest BCUT2D eigenvalue weighted by Gasteiger charge is 2.37. The van der Waals surface area contributed by atoms with E-state index in [4.69, 9.17) is 5.11 Å². The number of hydrogen-bond acceptors (Lipinski definition) is 2. The predicted molar refractivity (Wildman–Crippen MR) is 76.5 cm³/mol. The van der Waals surface area contributed by atoms with Crippen molar-refractivity contribution in [1.82, 2.24) is 10.6 Å². The number of rotatable bonds is 6. The van der Waals surface area contributed by atoms with Gasteiger partial charge in [-0.3, -0.25) is 4.79 Å². The smallest absolute Gasteiger partial charge is 0.315 e. The molecule has 5 nitrogen and oxygen atoms in total. The number of urea groups is 1. The van der Waals surface area contributed by atoms with E-state index in [0.29, 0.717) is 6.54 Å². The van der Waals surface area contributed by atoms with Crippen LogP contribution in [0.15, 0.2) is 11.6 Å². The van der Waals surface area contributed by atoms with Crippen molar-refractivity contribution in [3.8, 4) is 0 Å². The number of allylic oxidation sites excluding steroid dienone is 1. The summed E-state index contributed by atoms with van der Waals surface area (Å²) in [6, 6.07) is -0.230. The van der Waals surface area contributed by atoms with Gasteiger partial charge in [-0.25, -0.2) is 4.79 Å². The van der Waals surface area contributed by atoms with E-state index < -0.39 is 11.5 Å². The summed E-state index contributed by atoms with van der Waals surface area (Å²) in [5, 5.41) is 14.7. The van der Waals surface area contributed by atoms with Crippen molar-refractivity contribution in [3.63, 3.8) is 0 Å². The van der Waals surface area contributed by atoms with Gasteiger partial charge in [0.2, 0.25) is 0 Å². The molecule has 0 spiro atoms. The Bertz CT molecular complexity index is 398. The van der Waals surface area contributed by atoms with Gasteiger partial charge in [-0.2, -0.15) is 0 Å². The van der Waals surface area contributed by atoms with Crippen LogP contribution in [0.2, 0.25) is 0 Å². The van der Waals surface area contributed by atoms with Gasteiger partial charge in [0, 0.05) is 6.54 Å². The lowest BCUT2D eigenvalue weighted by molar-refractivity contribution is -0.138. The number of nitrogens with one attached hydrogen (secondary N) is 2.